The summed E-state index contributed by atoms with van der Waals surface area (Å²) >= 11 is 0. The van der Waals surface area contributed by atoms with Gasteiger partial charge in [-0.1, -0.05) is 30.3 Å². The molecule has 0 saturated carbocycles. The van der Waals surface area contributed by atoms with E-state index in [4.69, 9.17) is 5.26 Å². The maximum absolute atomic E-state index is 13.0. The first kappa shape index (κ1) is 20.4. The highest BCUT2D eigenvalue weighted by Gasteiger charge is 2.26. The molecule has 0 fully saturated rings. The highest BCUT2D eigenvalue weighted by Crippen LogP contribution is 2.24. The van der Waals surface area contributed by atoms with Crippen molar-refractivity contribution in [1.82, 2.24) is 10.3 Å². The Labute approximate surface area is 154 Å². The molecule has 142 valence electrons. The summed E-state index contributed by atoms with van der Waals surface area (Å²) in [7, 11) is 0. The molecule has 2 N–H and O–H groups in total. The summed E-state index contributed by atoms with van der Waals surface area (Å²) in [6.45, 7) is 0.552. The minimum atomic E-state index is -3.28. The fraction of sp³-hybridized carbons (Fsp3) is 0.316. The number of hydrogen-bond donors (Lipinski definition) is 2. The van der Waals surface area contributed by atoms with E-state index in [0.717, 1.165) is 11.1 Å². The Morgan fingerprint density at radius 2 is 1.85 bits per heavy atom. The fourth-order valence-electron chi connectivity index (χ4n) is 2.45. The van der Waals surface area contributed by atoms with Crippen molar-refractivity contribution in [1.29, 1.82) is 5.26 Å². The Morgan fingerprint density at radius 3 is 2.33 bits per heavy atom. The van der Waals surface area contributed by atoms with E-state index in [-0.39, 0.29) is 11.5 Å². The number of amides is 1. The maximum Gasteiger partial charge on any atom is 0.315 e. The van der Waals surface area contributed by atoms with Crippen LogP contribution in [0.4, 0.5) is 13.2 Å². The van der Waals surface area contributed by atoms with Crippen LogP contribution < -0.4 is 5.32 Å². The van der Waals surface area contributed by atoms with Gasteiger partial charge in [0.05, 0.1) is 23.7 Å². The molecule has 1 aromatic carbocycles. The van der Waals surface area contributed by atoms with E-state index < -0.39 is 31.2 Å². The van der Waals surface area contributed by atoms with Crippen LogP contribution in [0, 0.1) is 11.3 Å². The third-order valence-electron chi connectivity index (χ3n) is 4.08. The summed E-state index contributed by atoms with van der Waals surface area (Å²) < 4.78 is 37.6. The van der Waals surface area contributed by atoms with Crippen molar-refractivity contribution < 1.29 is 23.1 Å². The molecule has 0 spiro atoms. The number of carbonyl (C=O) groups excluding carboxylic acids is 1. The molecule has 2 rings (SSSR count). The van der Waals surface area contributed by atoms with E-state index in [0.29, 0.717) is 5.69 Å². The van der Waals surface area contributed by atoms with Crippen molar-refractivity contribution in [3.8, 4) is 17.2 Å². The number of rotatable bonds is 7. The van der Waals surface area contributed by atoms with Crippen LogP contribution in [-0.4, -0.2) is 35.1 Å². The van der Waals surface area contributed by atoms with Gasteiger partial charge in [0.2, 0.25) is 0 Å². The Balaban J connectivity index is 2.14. The molecule has 0 saturated heterocycles. The molecule has 0 bridgehead atoms. The normalized spacial score (nSPS) is 14.3. The Bertz CT molecular complexity index is 804. The minimum absolute atomic E-state index is 0.277. The van der Waals surface area contributed by atoms with Crippen LogP contribution >= 0.6 is 0 Å². The Morgan fingerprint density at radius 1 is 1.22 bits per heavy atom. The summed E-state index contributed by atoms with van der Waals surface area (Å²) in [5.41, 5.74) is 2.47. The molecule has 1 heterocycles. The average molecular weight is 377 g/mol. The van der Waals surface area contributed by atoms with E-state index in [1.807, 2.05) is 0 Å². The molecule has 0 aliphatic carbocycles. The standard InChI is InChI=1S/C19H18F3N3O2/c1-11(9-23)15-7-6-14(10-24-15)12-2-4-13(5-3-12)17(26)16(8-20)25-19(27)18(21)22/h2-7,10-11,16-18,26H,8H2,1H3,(H,25,27). The highest BCUT2D eigenvalue weighted by molar-refractivity contribution is 5.79. The van der Waals surface area contributed by atoms with Gasteiger partial charge in [-0.15, -0.1) is 0 Å². The number of aliphatic hydroxyl groups is 1. The number of nitriles is 1. The van der Waals surface area contributed by atoms with Gasteiger partial charge in [-0.05, 0) is 24.1 Å². The van der Waals surface area contributed by atoms with Crippen LogP contribution in [0.25, 0.3) is 11.1 Å². The number of halogens is 3. The largest absolute Gasteiger partial charge is 0.386 e. The lowest BCUT2D eigenvalue weighted by Crippen LogP contribution is -2.43. The zero-order chi connectivity index (χ0) is 20.0. The second-order valence-electron chi connectivity index (χ2n) is 5.96. The fourth-order valence-corrected chi connectivity index (χ4v) is 2.45. The quantitative estimate of drug-likeness (QED) is 0.776. The van der Waals surface area contributed by atoms with Gasteiger partial charge in [-0.2, -0.15) is 14.0 Å². The lowest BCUT2D eigenvalue weighted by Gasteiger charge is -2.22. The summed E-state index contributed by atoms with van der Waals surface area (Å²) in [4.78, 5) is 15.3. The number of nitrogens with one attached hydrogen (secondary N) is 1. The van der Waals surface area contributed by atoms with Gasteiger partial charge in [0.15, 0.2) is 0 Å². The number of aliphatic hydroxyl groups excluding tert-OH is 1. The molecule has 27 heavy (non-hydrogen) atoms. The van der Waals surface area contributed by atoms with Gasteiger partial charge in [-0.25, -0.2) is 4.39 Å². The first-order valence-electron chi connectivity index (χ1n) is 8.15. The molecule has 2 aromatic rings. The van der Waals surface area contributed by atoms with Crippen LogP contribution in [0.3, 0.4) is 0 Å². The summed E-state index contributed by atoms with van der Waals surface area (Å²) in [6, 6.07) is 10.5. The van der Waals surface area contributed by atoms with Crippen LogP contribution in [0.15, 0.2) is 42.6 Å². The van der Waals surface area contributed by atoms with E-state index in [1.165, 1.54) is 12.1 Å². The zero-order valence-electron chi connectivity index (χ0n) is 14.4. The van der Waals surface area contributed by atoms with E-state index in [9.17, 15) is 23.1 Å². The van der Waals surface area contributed by atoms with E-state index in [2.05, 4.69) is 11.1 Å². The SMILES string of the molecule is CC(C#N)c1ccc(-c2ccc(C(O)C(CF)NC(=O)C(F)F)cc2)cn1. The number of aromatic nitrogens is 1. The van der Waals surface area contributed by atoms with Gasteiger partial charge in [0, 0.05) is 11.8 Å². The monoisotopic (exact) mass is 377 g/mol. The van der Waals surface area contributed by atoms with Gasteiger partial charge < -0.3 is 10.4 Å². The molecule has 0 aliphatic rings. The number of pyridine rings is 1. The molecule has 0 radical (unpaired) electrons. The summed E-state index contributed by atoms with van der Waals surface area (Å²) in [5, 5.41) is 20.8. The van der Waals surface area contributed by atoms with Crippen molar-refractivity contribution in [2.75, 3.05) is 6.67 Å². The highest BCUT2D eigenvalue weighted by atomic mass is 19.3. The molecule has 0 aliphatic heterocycles. The van der Waals surface area contributed by atoms with Crippen molar-refractivity contribution in [3.63, 3.8) is 0 Å². The van der Waals surface area contributed by atoms with Gasteiger partial charge in [0.25, 0.3) is 5.91 Å². The van der Waals surface area contributed by atoms with E-state index >= 15 is 0 Å². The third-order valence-corrected chi connectivity index (χ3v) is 4.08. The number of hydrogen-bond acceptors (Lipinski definition) is 4. The van der Waals surface area contributed by atoms with E-state index in [1.54, 1.807) is 42.7 Å². The molecule has 1 aromatic heterocycles. The van der Waals surface area contributed by atoms with Crippen LogP contribution in [-0.2, 0) is 4.79 Å². The number of benzene rings is 1. The maximum atomic E-state index is 13.0. The predicted molar refractivity (Wildman–Crippen MR) is 92.6 cm³/mol. The van der Waals surface area contributed by atoms with Crippen LogP contribution in [0.5, 0.6) is 0 Å². The lowest BCUT2D eigenvalue weighted by atomic mass is 9.99. The van der Waals surface area contributed by atoms with Gasteiger partial charge in [-0.3, -0.25) is 9.78 Å². The first-order valence-corrected chi connectivity index (χ1v) is 8.15. The smallest absolute Gasteiger partial charge is 0.315 e. The Hall–Kier alpha value is -2.92. The van der Waals surface area contributed by atoms with Crippen LogP contribution in [0.1, 0.15) is 30.2 Å². The molecule has 3 unspecified atom stereocenters. The average Bonchev–Trinajstić information content (AvgIpc) is 2.70. The topological polar surface area (TPSA) is 86.0 Å². The Kier molecular flexibility index (Phi) is 6.91. The molecular weight excluding hydrogens is 359 g/mol. The molecule has 5 nitrogen and oxygen atoms in total. The molecule has 1 amide bonds. The molecular formula is C19H18F3N3O2. The van der Waals surface area contributed by atoms with Crippen molar-refractivity contribution >= 4 is 5.91 Å². The number of carbonyl (C=O) groups is 1. The number of alkyl halides is 3. The number of nitrogens with zero attached hydrogens (tertiary/aromatic N) is 2. The van der Waals surface area contributed by atoms with Gasteiger partial charge in [0.1, 0.15) is 12.8 Å². The lowest BCUT2D eigenvalue weighted by molar-refractivity contribution is -0.133. The summed E-state index contributed by atoms with van der Waals surface area (Å²) in [6.07, 6.45) is -3.14. The van der Waals surface area contributed by atoms with Gasteiger partial charge >= 0.3 is 6.43 Å². The van der Waals surface area contributed by atoms with Crippen molar-refractivity contribution in [3.05, 3.63) is 53.9 Å². The summed E-state index contributed by atoms with van der Waals surface area (Å²) in [5.74, 6) is -1.95. The second-order valence-corrected chi connectivity index (χ2v) is 5.96. The minimum Gasteiger partial charge on any atom is -0.386 e. The van der Waals surface area contributed by atoms with Crippen molar-refractivity contribution in [2.24, 2.45) is 0 Å². The van der Waals surface area contributed by atoms with Crippen molar-refractivity contribution in [2.45, 2.75) is 31.4 Å². The molecule has 3 atom stereocenters. The third kappa shape index (κ3) is 5.05. The second kappa shape index (κ2) is 9.14. The predicted octanol–water partition coefficient (Wildman–Crippen LogP) is 3.13. The molecule has 8 heteroatoms. The zero-order valence-corrected chi connectivity index (χ0v) is 14.4. The van der Waals surface area contributed by atoms with Crippen LogP contribution in [0.2, 0.25) is 0 Å². The first-order chi connectivity index (χ1) is 12.9.